The number of esters is 1. The Balaban J connectivity index is 1.53. The number of benzene rings is 4. The summed E-state index contributed by atoms with van der Waals surface area (Å²) in [6.45, 7) is 6.66. The lowest BCUT2D eigenvalue weighted by molar-refractivity contribution is -0.138. The molecule has 4 aromatic carbocycles. The van der Waals surface area contributed by atoms with Crippen LogP contribution < -0.4 is 19.6 Å². The number of carbonyl (C=O) groups is 1. The number of ether oxygens (including phenoxy) is 2. The van der Waals surface area contributed by atoms with Crippen molar-refractivity contribution in [3.8, 4) is 5.75 Å². The molecule has 0 spiro atoms. The molecule has 45 heavy (non-hydrogen) atoms. The summed E-state index contributed by atoms with van der Waals surface area (Å²) in [6, 6.07) is 34.6. The molecular formula is C38H34N2O4S. The molecule has 6 rings (SSSR count). The van der Waals surface area contributed by atoms with Crippen molar-refractivity contribution in [3.05, 3.63) is 162 Å². The third-order valence-electron chi connectivity index (χ3n) is 7.74. The van der Waals surface area contributed by atoms with E-state index in [-0.39, 0.29) is 12.2 Å². The molecule has 1 atom stereocenters. The van der Waals surface area contributed by atoms with Crippen molar-refractivity contribution in [1.29, 1.82) is 0 Å². The first-order chi connectivity index (χ1) is 21.9. The quantitative estimate of drug-likeness (QED) is 0.175. The number of hydrogen-bond donors (Lipinski definition) is 0. The number of hydrogen-bond acceptors (Lipinski definition) is 6. The molecule has 0 amide bonds. The second kappa shape index (κ2) is 13.3. The highest BCUT2D eigenvalue weighted by Gasteiger charge is 2.35. The third-order valence-corrected chi connectivity index (χ3v) is 8.72. The Morgan fingerprint density at radius 3 is 2.27 bits per heavy atom. The first-order valence-electron chi connectivity index (χ1n) is 15.1. The number of fused-ring (bicyclic) bond motifs is 1. The van der Waals surface area contributed by atoms with Gasteiger partial charge in [0.2, 0.25) is 0 Å². The number of rotatable bonds is 9. The maximum atomic E-state index is 14.3. The normalized spacial score (nSPS) is 14.7. The molecule has 1 aromatic heterocycles. The fourth-order valence-corrected chi connectivity index (χ4v) is 6.42. The smallest absolute Gasteiger partial charge is 0.338 e. The fourth-order valence-electron chi connectivity index (χ4n) is 5.43. The van der Waals surface area contributed by atoms with Crippen LogP contribution in [0.1, 0.15) is 60.5 Å². The van der Waals surface area contributed by atoms with Gasteiger partial charge < -0.3 is 9.47 Å². The van der Waals surface area contributed by atoms with Gasteiger partial charge in [0, 0.05) is 11.1 Å². The summed E-state index contributed by atoms with van der Waals surface area (Å²) in [5, 5.41) is 0. The van der Waals surface area contributed by atoms with E-state index >= 15 is 0 Å². The number of aromatic nitrogens is 1. The highest BCUT2D eigenvalue weighted by Crippen LogP contribution is 2.35. The van der Waals surface area contributed by atoms with Gasteiger partial charge in [-0.15, -0.1) is 0 Å². The van der Waals surface area contributed by atoms with Crippen LogP contribution in [0.4, 0.5) is 0 Å². The van der Waals surface area contributed by atoms with Crippen molar-refractivity contribution in [2.75, 3.05) is 6.61 Å². The predicted octanol–water partition coefficient (Wildman–Crippen LogP) is 6.64. The van der Waals surface area contributed by atoms with Crippen LogP contribution in [-0.4, -0.2) is 17.1 Å². The summed E-state index contributed by atoms with van der Waals surface area (Å²) in [6.07, 6.45) is 1.85. The fraction of sp³-hybridized carbons (Fsp3) is 0.184. The summed E-state index contributed by atoms with van der Waals surface area (Å²) < 4.78 is 13.9. The summed E-state index contributed by atoms with van der Waals surface area (Å²) in [7, 11) is 0. The van der Waals surface area contributed by atoms with Crippen molar-refractivity contribution in [2.45, 2.75) is 39.3 Å². The first kappa shape index (κ1) is 30.0. The summed E-state index contributed by atoms with van der Waals surface area (Å²) in [4.78, 5) is 33.5. The molecule has 1 aliphatic heterocycles. The van der Waals surface area contributed by atoms with Gasteiger partial charge in [-0.25, -0.2) is 9.79 Å². The Morgan fingerprint density at radius 2 is 1.58 bits per heavy atom. The highest BCUT2D eigenvalue weighted by atomic mass is 32.1. The van der Waals surface area contributed by atoms with Gasteiger partial charge in [-0.1, -0.05) is 128 Å². The molecule has 0 saturated heterocycles. The SMILES string of the molecule is CCOC(=O)C1=C(c2ccccc2)N=c2s/c(=C/c3ccccc3OCc3ccccc3)c(=O)n2[C@@H]1c1ccc(C(C)C)cc1. The van der Waals surface area contributed by atoms with Crippen LogP contribution in [0.2, 0.25) is 0 Å². The Labute approximate surface area is 266 Å². The lowest BCUT2D eigenvalue weighted by Crippen LogP contribution is -2.40. The minimum Gasteiger partial charge on any atom is -0.488 e. The van der Waals surface area contributed by atoms with Crippen molar-refractivity contribution in [1.82, 2.24) is 4.57 Å². The lowest BCUT2D eigenvalue weighted by Gasteiger charge is -2.26. The number of carbonyl (C=O) groups excluding carboxylic acids is 1. The molecule has 226 valence electrons. The van der Waals surface area contributed by atoms with Crippen molar-refractivity contribution in [3.63, 3.8) is 0 Å². The Hall–Kier alpha value is -5.01. The van der Waals surface area contributed by atoms with Crippen molar-refractivity contribution < 1.29 is 14.3 Å². The van der Waals surface area contributed by atoms with E-state index in [1.54, 1.807) is 11.5 Å². The van der Waals surface area contributed by atoms with Crippen LogP contribution in [0.15, 0.2) is 125 Å². The van der Waals surface area contributed by atoms with Crippen LogP contribution in [0, 0.1) is 0 Å². The maximum Gasteiger partial charge on any atom is 0.338 e. The molecular weight excluding hydrogens is 580 g/mol. The van der Waals surface area contributed by atoms with E-state index in [9.17, 15) is 9.59 Å². The van der Waals surface area contributed by atoms with Gasteiger partial charge in [-0.05, 0) is 41.7 Å². The number of para-hydroxylation sites is 1. The van der Waals surface area contributed by atoms with Gasteiger partial charge in [0.1, 0.15) is 12.4 Å². The zero-order valence-corrected chi connectivity index (χ0v) is 26.3. The van der Waals surface area contributed by atoms with Gasteiger partial charge in [0.05, 0.1) is 28.5 Å². The molecule has 0 bridgehead atoms. The minimum absolute atomic E-state index is 0.202. The highest BCUT2D eigenvalue weighted by molar-refractivity contribution is 7.07. The van der Waals surface area contributed by atoms with Gasteiger partial charge >= 0.3 is 5.97 Å². The molecule has 0 radical (unpaired) electrons. The zero-order chi connectivity index (χ0) is 31.3. The molecule has 6 nitrogen and oxygen atoms in total. The second-order valence-electron chi connectivity index (χ2n) is 11.1. The molecule has 7 heteroatoms. The molecule has 0 fully saturated rings. The lowest BCUT2D eigenvalue weighted by atomic mass is 9.91. The first-order valence-corrected chi connectivity index (χ1v) is 15.9. The maximum absolute atomic E-state index is 14.3. The molecule has 2 heterocycles. The summed E-state index contributed by atoms with van der Waals surface area (Å²) in [5.74, 6) is 0.516. The van der Waals surface area contributed by atoms with E-state index in [1.165, 1.54) is 16.9 Å². The molecule has 0 N–H and O–H groups in total. The topological polar surface area (TPSA) is 69.9 Å². The minimum atomic E-state index is -0.719. The van der Waals surface area contributed by atoms with Crippen molar-refractivity contribution >= 4 is 29.1 Å². The van der Waals surface area contributed by atoms with Gasteiger partial charge in [0.25, 0.3) is 5.56 Å². The van der Waals surface area contributed by atoms with Gasteiger partial charge in [0.15, 0.2) is 4.80 Å². The molecule has 0 aliphatic carbocycles. The van der Waals surface area contributed by atoms with Crippen LogP contribution >= 0.6 is 11.3 Å². The molecule has 5 aromatic rings. The Bertz CT molecular complexity index is 2030. The standard InChI is InChI=1S/C38H34N2O4S/c1-4-43-37(42)33-34(28-15-9-6-10-16-28)39-38-40(35(33)29-21-19-27(20-22-29)25(2)3)36(41)32(45-38)23-30-17-11-12-18-31(30)44-24-26-13-7-5-8-14-26/h5-23,25,35H,4,24H2,1-3H3/b32-23+/t35-/m1/s1. The largest absolute Gasteiger partial charge is 0.488 e. The zero-order valence-electron chi connectivity index (χ0n) is 25.5. The average molecular weight is 615 g/mol. The van der Waals surface area contributed by atoms with Crippen LogP contribution in [0.3, 0.4) is 0 Å². The monoisotopic (exact) mass is 614 g/mol. The third kappa shape index (κ3) is 6.30. The molecule has 1 aliphatic rings. The van der Waals surface area contributed by atoms with Crippen LogP contribution in [0.25, 0.3) is 11.8 Å². The molecule has 0 saturated carbocycles. The van der Waals surface area contributed by atoms with E-state index in [4.69, 9.17) is 14.5 Å². The van der Waals surface area contributed by atoms with E-state index in [0.29, 0.717) is 38.9 Å². The van der Waals surface area contributed by atoms with Crippen LogP contribution in [0.5, 0.6) is 5.75 Å². The Kier molecular flexibility index (Phi) is 8.89. The van der Waals surface area contributed by atoms with E-state index in [0.717, 1.165) is 22.3 Å². The van der Waals surface area contributed by atoms with E-state index in [2.05, 4.69) is 26.0 Å². The number of thiazole rings is 1. The number of nitrogens with zero attached hydrogens (tertiary/aromatic N) is 2. The average Bonchev–Trinajstić information content (AvgIpc) is 3.38. The van der Waals surface area contributed by atoms with Gasteiger partial charge in [-0.3, -0.25) is 9.36 Å². The van der Waals surface area contributed by atoms with E-state index < -0.39 is 12.0 Å². The Morgan fingerprint density at radius 1 is 0.911 bits per heavy atom. The summed E-state index contributed by atoms with van der Waals surface area (Å²) >= 11 is 1.30. The predicted molar refractivity (Wildman–Crippen MR) is 179 cm³/mol. The van der Waals surface area contributed by atoms with Gasteiger partial charge in [-0.2, -0.15) is 0 Å². The second-order valence-corrected chi connectivity index (χ2v) is 12.1. The van der Waals surface area contributed by atoms with Crippen molar-refractivity contribution in [2.24, 2.45) is 4.99 Å². The van der Waals surface area contributed by atoms with Crippen LogP contribution in [-0.2, 0) is 16.1 Å². The van der Waals surface area contributed by atoms with E-state index in [1.807, 2.05) is 103 Å². The molecule has 0 unspecified atom stereocenters. The summed E-state index contributed by atoms with van der Waals surface area (Å²) in [5.41, 5.74) is 5.20.